The molecule has 0 N–H and O–H groups in total. The maximum Gasteiger partial charge on any atom is 0.516 e. The van der Waals surface area contributed by atoms with E-state index < -0.39 is 17.6 Å². The number of hydrogen-bond acceptors (Lipinski definition) is 10. The molecule has 0 heterocycles. The van der Waals surface area contributed by atoms with E-state index in [-0.39, 0.29) is 9.75 Å². The van der Waals surface area contributed by atoms with Gasteiger partial charge in [-0.25, -0.2) is 0 Å². The highest BCUT2D eigenvalue weighted by Crippen LogP contribution is 2.53. The first-order chi connectivity index (χ1) is 23.6. The minimum atomic E-state index is -2.96. The predicted molar refractivity (Wildman–Crippen MR) is 210 cm³/mol. The molecule has 0 spiro atoms. The van der Waals surface area contributed by atoms with Gasteiger partial charge in [0.1, 0.15) is 0 Å². The molecule has 12 heteroatoms. The zero-order valence-electron chi connectivity index (χ0n) is 30.1. The van der Waals surface area contributed by atoms with E-state index in [1.54, 1.807) is 0 Å². The van der Waals surface area contributed by atoms with Crippen LogP contribution in [0.1, 0.15) is 181 Å². The second-order valence-electron chi connectivity index (χ2n) is 15.5. The second kappa shape index (κ2) is 20.3. The van der Waals surface area contributed by atoms with Crippen molar-refractivity contribution in [1.29, 1.82) is 0 Å². The van der Waals surface area contributed by atoms with Gasteiger partial charge < -0.3 is 26.6 Å². The Morgan fingerprint density at radius 2 is 0.562 bits per heavy atom. The first-order valence-corrected chi connectivity index (χ1v) is 28.9. The second-order valence-corrected chi connectivity index (χ2v) is 27.8. The zero-order chi connectivity index (χ0) is 33.1. The summed E-state index contributed by atoms with van der Waals surface area (Å²) in [4.78, 5) is 0.470. The maximum atomic E-state index is 7.24. The van der Waals surface area contributed by atoms with Gasteiger partial charge >= 0.3 is 17.6 Å². The fourth-order valence-corrected chi connectivity index (χ4v) is 27.7. The van der Waals surface area contributed by atoms with Crippen LogP contribution in [-0.2, 0) is 26.6 Å². The lowest BCUT2D eigenvalue weighted by Gasteiger charge is -2.41. The van der Waals surface area contributed by atoms with E-state index in [0.717, 1.165) is 89.9 Å². The molecule has 6 rings (SSSR count). The van der Waals surface area contributed by atoms with Crippen LogP contribution in [0.2, 0.25) is 0 Å². The standard InChI is InChI=1S/C36H66O6S4Si2/c1-3-35(47(37-29-17-5-6-18-29,38-30-19-7-8-20-30)39-31-21-9-10-22-31)43-45-46-44-36(4-2)48(40-32-23-11-12-24-32,41-33-25-13-14-26-33)42-34-27-15-16-28-34/h29-36H,3-28H2,1-2H3. The molecule has 0 aliphatic heterocycles. The van der Waals surface area contributed by atoms with Gasteiger partial charge in [0.05, 0.1) is 9.75 Å². The molecule has 0 amide bonds. The predicted octanol–water partition coefficient (Wildman–Crippen LogP) is 11.9. The molecule has 48 heavy (non-hydrogen) atoms. The van der Waals surface area contributed by atoms with E-state index in [2.05, 4.69) is 13.8 Å². The highest BCUT2D eigenvalue weighted by atomic mass is 33.7. The Kier molecular flexibility index (Phi) is 16.6. The molecule has 278 valence electrons. The Labute approximate surface area is 310 Å². The van der Waals surface area contributed by atoms with Crippen molar-refractivity contribution in [2.24, 2.45) is 0 Å². The average molecular weight is 779 g/mol. The SMILES string of the molecule is CCC(SSSSC(CC)[Si](OC1CCCC1)(OC1CCCC1)OC1CCCC1)[Si](OC1CCCC1)(OC1CCCC1)OC1CCCC1. The first-order valence-electron chi connectivity index (χ1n) is 20.3. The third kappa shape index (κ3) is 11.1. The van der Waals surface area contributed by atoms with Gasteiger partial charge in [0, 0.05) is 36.6 Å². The van der Waals surface area contributed by atoms with Crippen molar-refractivity contribution < 1.29 is 26.6 Å². The molecule has 2 unspecified atom stereocenters. The summed E-state index contributed by atoms with van der Waals surface area (Å²) in [5.74, 6) is 0. The summed E-state index contributed by atoms with van der Waals surface area (Å²) < 4.78 is 43.5. The van der Waals surface area contributed by atoms with E-state index >= 15 is 0 Å². The smallest absolute Gasteiger partial charge is 0.370 e. The third-order valence-electron chi connectivity index (χ3n) is 11.7. The quantitative estimate of drug-likeness (QED) is 0.0639. The van der Waals surface area contributed by atoms with Gasteiger partial charge in [0.15, 0.2) is 0 Å². The summed E-state index contributed by atoms with van der Waals surface area (Å²) in [6.45, 7) is 4.66. The maximum absolute atomic E-state index is 7.24. The van der Waals surface area contributed by atoms with Gasteiger partial charge in [0.2, 0.25) is 0 Å². The fraction of sp³-hybridized carbons (Fsp3) is 1.00. The summed E-state index contributed by atoms with van der Waals surface area (Å²) in [6.07, 6.45) is 32.9. The van der Waals surface area contributed by atoms with Crippen LogP contribution >= 0.6 is 41.2 Å². The van der Waals surface area contributed by atoms with Crippen LogP contribution in [0.15, 0.2) is 0 Å². The number of hydrogen-bond donors (Lipinski definition) is 0. The molecule has 6 nitrogen and oxygen atoms in total. The van der Waals surface area contributed by atoms with Gasteiger partial charge in [-0.2, -0.15) is 0 Å². The summed E-state index contributed by atoms with van der Waals surface area (Å²) in [5, 5.41) is 0. The summed E-state index contributed by atoms with van der Waals surface area (Å²) in [6, 6.07) is 0. The molecular weight excluding hydrogens is 713 g/mol. The molecule has 2 atom stereocenters. The van der Waals surface area contributed by atoms with Crippen LogP contribution < -0.4 is 0 Å². The first kappa shape index (κ1) is 39.3. The fourth-order valence-electron chi connectivity index (χ4n) is 8.93. The van der Waals surface area contributed by atoms with E-state index in [4.69, 9.17) is 26.6 Å². The Morgan fingerprint density at radius 3 is 0.729 bits per heavy atom. The largest absolute Gasteiger partial charge is 0.516 e. The molecule has 0 saturated heterocycles. The lowest BCUT2D eigenvalue weighted by atomic mass is 10.3. The van der Waals surface area contributed by atoms with Crippen molar-refractivity contribution >= 4 is 58.8 Å². The number of rotatable bonds is 21. The van der Waals surface area contributed by atoms with Gasteiger partial charge in [-0.1, -0.05) is 112 Å². The zero-order valence-corrected chi connectivity index (χ0v) is 35.4. The molecule has 0 bridgehead atoms. The van der Waals surface area contributed by atoms with Gasteiger partial charge in [0.25, 0.3) is 0 Å². The molecule has 6 fully saturated rings. The van der Waals surface area contributed by atoms with Crippen LogP contribution in [0.4, 0.5) is 0 Å². The van der Waals surface area contributed by atoms with Crippen LogP contribution in [0.25, 0.3) is 0 Å². The van der Waals surface area contributed by atoms with Crippen molar-refractivity contribution in [3.8, 4) is 0 Å². The topological polar surface area (TPSA) is 55.4 Å². The summed E-state index contributed by atoms with van der Waals surface area (Å²) in [5.41, 5.74) is 0. The molecule has 6 saturated carbocycles. The van der Waals surface area contributed by atoms with E-state index in [1.807, 2.05) is 41.2 Å². The molecule has 0 aromatic rings. The van der Waals surface area contributed by atoms with Crippen LogP contribution in [0.3, 0.4) is 0 Å². The molecule has 6 aliphatic rings. The minimum Gasteiger partial charge on any atom is -0.370 e. The van der Waals surface area contributed by atoms with Crippen LogP contribution in [-0.4, -0.2) is 64.0 Å². The summed E-state index contributed by atoms with van der Waals surface area (Å²) >= 11 is 0. The normalized spacial score (nSPS) is 26.1. The molecule has 0 radical (unpaired) electrons. The van der Waals surface area contributed by atoms with Crippen LogP contribution in [0, 0.1) is 0 Å². The highest BCUT2D eigenvalue weighted by Gasteiger charge is 2.57. The highest BCUT2D eigenvalue weighted by molar-refractivity contribution is 9.26. The monoisotopic (exact) mass is 778 g/mol. The Hall–Kier alpha value is 1.59. The van der Waals surface area contributed by atoms with E-state index in [1.165, 1.54) is 77.0 Å². The summed E-state index contributed by atoms with van der Waals surface area (Å²) in [7, 11) is 1.88. The molecule has 6 aliphatic carbocycles. The van der Waals surface area contributed by atoms with Crippen molar-refractivity contribution in [3.63, 3.8) is 0 Å². The van der Waals surface area contributed by atoms with Crippen molar-refractivity contribution in [1.82, 2.24) is 0 Å². The Balaban J connectivity index is 1.16. The van der Waals surface area contributed by atoms with Gasteiger partial charge in [-0.15, -0.1) is 0 Å². The van der Waals surface area contributed by atoms with E-state index in [9.17, 15) is 0 Å². The molecule has 0 aromatic heterocycles. The van der Waals surface area contributed by atoms with Gasteiger partial charge in [-0.3, -0.25) is 0 Å². The lowest BCUT2D eigenvalue weighted by Crippen LogP contribution is -2.59. The average Bonchev–Trinajstić information content (AvgIpc) is 3.93. The van der Waals surface area contributed by atoms with Crippen molar-refractivity contribution in [3.05, 3.63) is 0 Å². The van der Waals surface area contributed by atoms with Crippen LogP contribution in [0.5, 0.6) is 0 Å². The van der Waals surface area contributed by atoms with E-state index in [0.29, 0.717) is 36.6 Å². The minimum absolute atomic E-state index is 0.235. The Morgan fingerprint density at radius 1 is 0.375 bits per heavy atom. The molecule has 0 aromatic carbocycles. The van der Waals surface area contributed by atoms with Gasteiger partial charge in [-0.05, 0) is 110 Å². The third-order valence-corrected chi connectivity index (χ3v) is 28.3. The van der Waals surface area contributed by atoms with Crippen molar-refractivity contribution in [2.75, 3.05) is 0 Å². The Bertz CT molecular complexity index is 742. The molecular formula is C36H66O6S4Si2. The van der Waals surface area contributed by atoms with Crippen molar-refractivity contribution in [2.45, 2.75) is 227 Å². The lowest BCUT2D eigenvalue weighted by molar-refractivity contribution is -0.0181.